The molecule has 0 fully saturated rings. The number of aromatic amines is 2. The second kappa shape index (κ2) is 11.4. The topological polar surface area (TPSA) is 113 Å². The molecule has 6 rings (SSSR count). The van der Waals surface area contributed by atoms with Gasteiger partial charge in [-0.05, 0) is 43.0 Å². The number of nitrogens with one attached hydrogen (secondary N) is 2. The Balaban J connectivity index is 1.35. The Kier molecular flexibility index (Phi) is 7.48. The molecule has 3 aromatic carbocycles. The normalized spacial score (nSPS) is 13.5. The van der Waals surface area contributed by atoms with E-state index < -0.39 is 5.76 Å². The standard InChI is InChI=1S/C34H34N4O5/c1-5-10-28-35-26(6-2)30(41-27-14-9-11-23-19-34(3,4)42-29(23)27)32(39)38(28)20-21-15-17-22(18-16-21)24-12-7-8-13-25(24)31-36-33(40)43-37-31/h7-9,11-18H,5-6,10,19-20H2,1-4H3,(H,36,37,40)/p+1. The van der Waals surface area contributed by atoms with Crippen molar-refractivity contribution in [3.63, 3.8) is 0 Å². The van der Waals surface area contributed by atoms with Crippen molar-refractivity contribution in [2.45, 2.75) is 65.5 Å². The van der Waals surface area contributed by atoms with Crippen LogP contribution in [0.2, 0.25) is 0 Å². The van der Waals surface area contributed by atoms with E-state index in [1.165, 1.54) is 0 Å². The fourth-order valence-corrected chi connectivity index (χ4v) is 5.67. The molecule has 43 heavy (non-hydrogen) atoms. The fraction of sp³-hybridized carbons (Fsp3) is 0.294. The lowest BCUT2D eigenvalue weighted by atomic mass is 9.98. The summed E-state index contributed by atoms with van der Waals surface area (Å²) in [5.41, 5.74) is 4.89. The molecular weight excluding hydrogens is 544 g/mol. The molecule has 3 heterocycles. The van der Waals surface area contributed by atoms with Gasteiger partial charge < -0.3 is 9.47 Å². The highest BCUT2D eigenvalue weighted by Crippen LogP contribution is 2.43. The second-order valence-electron chi connectivity index (χ2n) is 11.4. The highest BCUT2D eigenvalue weighted by molar-refractivity contribution is 5.80. The van der Waals surface area contributed by atoms with E-state index in [1.807, 2.05) is 87.5 Å². The molecule has 0 unspecified atom stereocenters. The number of ether oxygens (including phenoxy) is 2. The van der Waals surface area contributed by atoms with Crippen molar-refractivity contribution in [2.24, 2.45) is 0 Å². The largest absolute Gasteiger partial charge is 0.483 e. The maximum absolute atomic E-state index is 14.1. The summed E-state index contributed by atoms with van der Waals surface area (Å²) >= 11 is 0. The van der Waals surface area contributed by atoms with Crippen LogP contribution in [0.4, 0.5) is 0 Å². The molecule has 0 spiro atoms. The Morgan fingerprint density at radius 1 is 1.00 bits per heavy atom. The summed E-state index contributed by atoms with van der Waals surface area (Å²) < 4.78 is 19.1. The van der Waals surface area contributed by atoms with Gasteiger partial charge in [-0.2, -0.15) is 4.57 Å². The number of H-pyrrole nitrogens is 2. The molecule has 0 aliphatic carbocycles. The van der Waals surface area contributed by atoms with Crippen molar-refractivity contribution in [1.29, 1.82) is 0 Å². The molecule has 0 bridgehead atoms. The Labute approximate surface area is 249 Å². The minimum Gasteiger partial charge on any atom is -0.483 e. The molecule has 9 nitrogen and oxygen atoms in total. The van der Waals surface area contributed by atoms with Gasteiger partial charge in [0.1, 0.15) is 12.1 Å². The summed E-state index contributed by atoms with van der Waals surface area (Å²) in [6.07, 6.45) is 3.01. The quantitative estimate of drug-likeness (QED) is 0.238. The van der Waals surface area contributed by atoms with Crippen LogP contribution >= 0.6 is 0 Å². The number of fused-ring (bicyclic) bond motifs is 1. The van der Waals surface area contributed by atoms with Crippen molar-refractivity contribution in [3.05, 3.63) is 110 Å². The van der Waals surface area contributed by atoms with Gasteiger partial charge in [0.05, 0.1) is 0 Å². The second-order valence-corrected chi connectivity index (χ2v) is 11.4. The van der Waals surface area contributed by atoms with Gasteiger partial charge in [0.25, 0.3) is 11.6 Å². The first kappa shape index (κ1) is 28.2. The molecule has 1 aliphatic rings. The minimum atomic E-state index is -0.601. The molecule has 5 aromatic rings. The van der Waals surface area contributed by atoms with Crippen LogP contribution in [0.1, 0.15) is 56.8 Å². The van der Waals surface area contributed by atoms with Crippen molar-refractivity contribution in [2.75, 3.05) is 0 Å². The van der Waals surface area contributed by atoms with Gasteiger partial charge in [-0.15, -0.1) is 0 Å². The van der Waals surface area contributed by atoms with Gasteiger partial charge in [-0.3, -0.25) is 9.51 Å². The van der Waals surface area contributed by atoms with Gasteiger partial charge in [0.2, 0.25) is 0 Å². The zero-order valence-electron chi connectivity index (χ0n) is 24.8. The van der Waals surface area contributed by atoms with Crippen molar-refractivity contribution in [3.8, 4) is 39.8 Å². The molecule has 220 valence electrons. The number of para-hydroxylation sites is 1. The van der Waals surface area contributed by atoms with Crippen LogP contribution in [-0.2, 0) is 25.8 Å². The molecule has 2 aromatic heterocycles. The van der Waals surface area contributed by atoms with E-state index in [9.17, 15) is 9.59 Å². The van der Waals surface area contributed by atoms with Gasteiger partial charge in [0.15, 0.2) is 23.0 Å². The van der Waals surface area contributed by atoms with Crippen LogP contribution in [0.15, 0.2) is 80.8 Å². The number of rotatable bonds is 9. The van der Waals surface area contributed by atoms with Crippen molar-refractivity contribution >= 4 is 0 Å². The molecule has 0 atom stereocenters. The summed E-state index contributed by atoms with van der Waals surface area (Å²) in [7, 11) is 0. The maximum Gasteiger partial charge on any atom is 0.439 e. The number of benzene rings is 3. The monoisotopic (exact) mass is 579 g/mol. The predicted molar refractivity (Wildman–Crippen MR) is 163 cm³/mol. The van der Waals surface area contributed by atoms with E-state index in [1.54, 1.807) is 4.57 Å². The Morgan fingerprint density at radius 2 is 1.77 bits per heavy atom. The van der Waals surface area contributed by atoms with Crippen molar-refractivity contribution < 1.29 is 19.0 Å². The van der Waals surface area contributed by atoms with Crippen LogP contribution in [-0.4, -0.2) is 20.3 Å². The van der Waals surface area contributed by atoms with E-state index in [4.69, 9.17) is 14.0 Å². The predicted octanol–water partition coefficient (Wildman–Crippen LogP) is 5.74. The van der Waals surface area contributed by atoms with Crippen LogP contribution in [0, 0.1) is 0 Å². The summed E-state index contributed by atoms with van der Waals surface area (Å²) in [4.78, 5) is 31.8. The fourth-order valence-electron chi connectivity index (χ4n) is 5.67. The third-order valence-electron chi connectivity index (χ3n) is 7.67. The van der Waals surface area contributed by atoms with E-state index in [2.05, 4.69) is 22.0 Å². The molecule has 1 aliphatic heterocycles. The third-order valence-corrected chi connectivity index (χ3v) is 7.67. The SMILES string of the molecule is CCCc1[nH+]c(CC)c(Oc2cccc3c2OC(C)(C)C3)c(=O)n1Cc1ccc(-c2ccccc2-c2noc(=O)[nH]2)cc1. The summed E-state index contributed by atoms with van der Waals surface area (Å²) in [6.45, 7) is 8.58. The summed E-state index contributed by atoms with van der Waals surface area (Å²) in [6, 6.07) is 21.5. The molecule has 2 N–H and O–H groups in total. The van der Waals surface area contributed by atoms with Crippen LogP contribution in [0.5, 0.6) is 17.2 Å². The van der Waals surface area contributed by atoms with E-state index in [0.29, 0.717) is 30.3 Å². The Hall–Kier alpha value is -4.92. The van der Waals surface area contributed by atoms with Crippen molar-refractivity contribution in [1.82, 2.24) is 14.7 Å². The summed E-state index contributed by atoms with van der Waals surface area (Å²) in [5, 5.41) is 3.86. The maximum atomic E-state index is 14.1. The Morgan fingerprint density at radius 3 is 2.47 bits per heavy atom. The lowest BCUT2D eigenvalue weighted by Gasteiger charge is -2.18. The lowest BCUT2D eigenvalue weighted by molar-refractivity contribution is -0.411. The third kappa shape index (κ3) is 5.62. The van der Waals surface area contributed by atoms with E-state index >= 15 is 0 Å². The van der Waals surface area contributed by atoms with Gasteiger partial charge in [0, 0.05) is 30.4 Å². The van der Waals surface area contributed by atoms with E-state index in [-0.39, 0.29) is 16.9 Å². The molecule has 0 radical (unpaired) electrons. The first-order valence-corrected chi connectivity index (χ1v) is 14.7. The van der Waals surface area contributed by atoms with Crippen LogP contribution < -0.4 is 25.8 Å². The number of aromatic nitrogens is 4. The molecule has 0 amide bonds. The van der Waals surface area contributed by atoms with Gasteiger partial charge >= 0.3 is 11.3 Å². The highest BCUT2D eigenvalue weighted by atomic mass is 16.5. The number of hydrogen-bond donors (Lipinski definition) is 1. The van der Waals surface area contributed by atoms with E-state index in [0.717, 1.165) is 58.6 Å². The molecular formula is C34H35N4O5+. The average Bonchev–Trinajstić information content (AvgIpc) is 3.58. The summed E-state index contributed by atoms with van der Waals surface area (Å²) in [5.74, 6) is 2.17. The molecule has 9 heteroatoms. The lowest BCUT2D eigenvalue weighted by Crippen LogP contribution is -2.36. The van der Waals surface area contributed by atoms with Crippen LogP contribution in [0.25, 0.3) is 22.5 Å². The van der Waals surface area contributed by atoms with Gasteiger partial charge in [-0.25, -0.2) is 14.6 Å². The van der Waals surface area contributed by atoms with Crippen LogP contribution in [0.3, 0.4) is 0 Å². The number of aryl methyl sites for hydroxylation is 2. The first-order valence-electron chi connectivity index (χ1n) is 14.7. The smallest absolute Gasteiger partial charge is 0.439 e. The van der Waals surface area contributed by atoms with Gasteiger partial charge in [-0.1, -0.05) is 79.7 Å². The minimum absolute atomic E-state index is 0.182. The molecule has 0 saturated heterocycles. The average molecular weight is 580 g/mol. The zero-order chi connectivity index (χ0) is 30.1. The Bertz CT molecular complexity index is 1900. The first-order chi connectivity index (χ1) is 20.8. The number of nitrogens with zero attached hydrogens (tertiary/aromatic N) is 2. The number of hydrogen-bond acceptors (Lipinski definition) is 6. The molecule has 0 saturated carbocycles. The highest BCUT2D eigenvalue weighted by Gasteiger charge is 2.33. The zero-order valence-corrected chi connectivity index (χ0v) is 24.8.